The summed E-state index contributed by atoms with van der Waals surface area (Å²) in [6, 6.07) is 0. The Labute approximate surface area is 101 Å². The molecule has 0 aliphatic carbocycles. The molecule has 2 heteroatoms. The van der Waals surface area contributed by atoms with Gasteiger partial charge in [-0.2, -0.15) is 0 Å². The Kier molecular flexibility index (Phi) is 7.44. The molecule has 1 nitrogen and oxygen atoms in total. The molecule has 0 bridgehead atoms. The Hall–Kier alpha value is 1.60. The first-order chi connectivity index (χ1) is 3.93. The molecule has 0 spiro atoms. The van der Waals surface area contributed by atoms with E-state index in [1.54, 1.807) is 0 Å². The zero-order chi connectivity index (χ0) is 5.82. The van der Waals surface area contributed by atoms with Crippen LogP contribution in [-0.2, 0) is 0 Å². The molecule has 1 saturated heterocycles. The van der Waals surface area contributed by atoms with Crippen LogP contribution in [0, 0.1) is 6.92 Å². The van der Waals surface area contributed by atoms with Gasteiger partial charge in [-0.25, -0.2) is 0 Å². The second-order valence-corrected chi connectivity index (χ2v) is 2.40. The average Bonchev–Trinajstić information content (AvgIpc) is 1.90. The number of hydrogen-bond donors (Lipinski definition) is 0. The molecule has 0 unspecified atom stereocenters. The molecule has 0 aromatic carbocycles. The molecule has 0 aromatic rings. The van der Waals surface area contributed by atoms with Crippen molar-refractivity contribution in [3.8, 4) is 0 Å². The molecule has 0 amide bonds. The molecule has 1 heterocycles. The van der Waals surface area contributed by atoms with Crippen LogP contribution in [0.5, 0.6) is 0 Å². The maximum absolute atomic E-state index is 3.84. The van der Waals surface area contributed by atoms with Crippen LogP contribution in [0.15, 0.2) is 0 Å². The maximum atomic E-state index is 3.84. The van der Waals surface area contributed by atoms with Crippen molar-refractivity contribution < 1.29 is 51.4 Å². The van der Waals surface area contributed by atoms with Crippen molar-refractivity contribution >= 4 is 0 Å². The van der Waals surface area contributed by atoms with Gasteiger partial charge in [0.15, 0.2) is 0 Å². The molecule has 0 aromatic heterocycles. The maximum Gasteiger partial charge on any atom is 1.00 e. The van der Waals surface area contributed by atoms with Crippen LogP contribution in [0.2, 0.25) is 0 Å². The summed E-state index contributed by atoms with van der Waals surface area (Å²) in [5.41, 5.74) is 0. The molecular weight excluding hydrogens is 137 g/mol. The topological polar surface area (TPSA) is 3.24 Å². The predicted molar refractivity (Wildman–Crippen MR) is 35.6 cm³/mol. The Morgan fingerprint density at radius 2 is 1.67 bits per heavy atom. The van der Waals surface area contributed by atoms with Gasteiger partial charge in [0.25, 0.3) is 0 Å². The van der Waals surface area contributed by atoms with Gasteiger partial charge in [-0.3, -0.25) is 0 Å². The minimum absolute atomic E-state index is 0. The van der Waals surface area contributed by atoms with Gasteiger partial charge in [-0.1, -0.05) is 6.42 Å². The molecule has 48 valence electrons. The zero-order valence-corrected chi connectivity index (χ0v) is 9.52. The van der Waals surface area contributed by atoms with Gasteiger partial charge in [0.05, 0.1) is 0 Å². The zero-order valence-electron chi connectivity index (χ0n) is 6.40. The first kappa shape index (κ1) is 10.6. The van der Waals surface area contributed by atoms with Crippen molar-refractivity contribution in [3.63, 3.8) is 0 Å². The summed E-state index contributed by atoms with van der Waals surface area (Å²) >= 11 is 0. The van der Waals surface area contributed by atoms with Crippen molar-refractivity contribution in [1.29, 1.82) is 0 Å². The fraction of sp³-hybridized carbons (Fsp3) is 0.857. The van der Waals surface area contributed by atoms with Crippen molar-refractivity contribution in [1.82, 2.24) is 4.90 Å². The summed E-state index contributed by atoms with van der Waals surface area (Å²) in [7, 11) is 0. The fourth-order valence-corrected chi connectivity index (χ4v) is 1.18. The minimum atomic E-state index is 0. The standard InChI is InChI=1S/C7H14N.K/c1-2-8-6-4-3-5-7-8;/h1-7H2;/q-1;+1. The van der Waals surface area contributed by atoms with E-state index in [0.29, 0.717) is 0 Å². The van der Waals surface area contributed by atoms with E-state index in [1.165, 1.54) is 32.4 Å². The Bertz CT molecular complexity index is 59.9. The summed E-state index contributed by atoms with van der Waals surface area (Å²) in [6.45, 7) is 7.40. The van der Waals surface area contributed by atoms with E-state index in [1.807, 2.05) is 0 Å². The second-order valence-electron chi connectivity index (χ2n) is 2.40. The summed E-state index contributed by atoms with van der Waals surface area (Å²) in [5, 5.41) is 0. The first-order valence-electron chi connectivity index (χ1n) is 3.45. The van der Waals surface area contributed by atoms with Gasteiger partial charge in [-0.15, -0.1) is 6.54 Å². The van der Waals surface area contributed by atoms with Gasteiger partial charge in [0.2, 0.25) is 0 Å². The summed E-state index contributed by atoms with van der Waals surface area (Å²) in [6.07, 6.45) is 4.20. The van der Waals surface area contributed by atoms with Crippen LogP contribution in [-0.4, -0.2) is 24.5 Å². The molecule has 0 N–H and O–H groups in total. The van der Waals surface area contributed by atoms with E-state index in [0.717, 1.165) is 6.54 Å². The van der Waals surface area contributed by atoms with Crippen LogP contribution >= 0.6 is 0 Å². The minimum Gasteiger partial charge on any atom is -0.333 e. The van der Waals surface area contributed by atoms with E-state index < -0.39 is 0 Å². The molecular formula is C7H14KN. The molecule has 1 fully saturated rings. The van der Waals surface area contributed by atoms with E-state index in [4.69, 9.17) is 0 Å². The predicted octanol–water partition coefficient (Wildman–Crippen LogP) is -1.69. The Morgan fingerprint density at radius 1 is 1.11 bits per heavy atom. The SMILES string of the molecule is [CH2-]CN1CCCCC1.[K+]. The number of likely N-dealkylation sites (tertiary alicyclic amines) is 1. The fourth-order valence-electron chi connectivity index (χ4n) is 1.18. The van der Waals surface area contributed by atoms with Crippen LogP contribution in [0.25, 0.3) is 0 Å². The van der Waals surface area contributed by atoms with Crippen LogP contribution < -0.4 is 51.4 Å². The quantitative estimate of drug-likeness (QED) is 0.319. The normalized spacial score (nSPS) is 21.0. The molecule has 1 aliphatic rings. The van der Waals surface area contributed by atoms with E-state index in [-0.39, 0.29) is 51.4 Å². The van der Waals surface area contributed by atoms with Crippen molar-refractivity contribution in [2.24, 2.45) is 0 Å². The molecule has 1 aliphatic heterocycles. The third kappa shape index (κ3) is 4.12. The number of hydrogen-bond acceptors (Lipinski definition) is 1. The summed E-state index contributed by atoms with van der Waals surface area (Å²) < 4.78 is 0. The van der Waals surface area contributed by atoms with Crippen molar-refractivity contribution in [2.75, 3.05) is 19.6 Å². The molecule has 0 radical (unpaired) electrons. The number of nitrogens with zero attached hydrogens (tertiary/aromatic N) is 1. The van der Waals surface area contributed by atoms with Gasteiger partial charge in [-0.05, 0) is 25.9 Å². The van der Waals surface area contributed by atoms with Gasteiger partial charge < -0.3 is 11.8 Å². The summed E-state index contributed by atoms with van der Waals surface area (Å²) in [5.74, 6) is 0. The van der Waals surface area contributed by atoms with Gasteiger partial charge in [0.1, 0.15) is 0 Å². The second kappa shape index (κ2) is 6.32. The van der Waals surface area contributed by atoms with E-state index in [9.17, 15) is 0 Å². The van der Waals surface area contributed by atoms with E-state index >= 15 is 0 Å². The number of rotatable bonds is 1. The van der Waals surface area contributed by atoms with Gasteiger partial charge in [0, 0.05) is 0 Å². The van der Waals surface area contributed by atoms with Crippen molar-refractivity contribution in [3.05, 3.63) is 6.92 Å². The summed E-state index contributed by atoms with van der Waals surface area (Å²) in [4.78, 5) is 2.41. The van der Waals surface area contributed by atoms with Crippen molar-refractivity contribution in [2.45, 2.75) is 19.3 Å². The first-order valence-corrected chi connectivity index (χ1v) is 3.45. The largest absolute Gasteiger partial charge is 1.00 e. The van der Waals surface area contributed by atoms with Gasteiger partial charge >= 0.3 is 51.4 Å². The average molecular weight is 151 g/mol. The molecule has 9 heavy (non-hydrogen) atoms. The third-order valence-corrected chi connectivity index (χ3v) is 1.76. The number of piperidine rings is 1. The molecule has 0 saturated carbocycles. The van der Waals surface area contributed by atoms with E-state index in [2.05, 4.69) is 11.8 Å². The van der Waals surface area contributed by atoms with Crippen LogP contribution in [0.4, 0.5) is 0 Å². The van der Waals surface area contributed by atoms with Crippen LogP contribution in [0.1, 0.15) is 19.3 Å². The Balaban J connectivity index is 0.000000640. The molecule has 1 rings (SSSR count). The Morgan fingerprint density at radius 3 is 2.00 bits per heavy atom. The smallest absolute Gasteiger partial charge is 0.333 e. The third-order valence-electron chi connectivity index (χ3n) is 1.76. The monoisotopic (exact) mass is 151 g/mol. The van der Waals surface area contributed by atoms with Crippen LogP contribution in [0.3, 0.4) is 0 Å². The molecule has 0 atom stereocenters.